The predicted molar refractivity (Wildman–Crippen MR) is 176 cm³/mol. The fourth-order valence-corrected chi connectivity index (χ4v) is 7.41. The molecule has 1 amide bonds. The van der Waals surface area contributed by atoms with E-state index >= 15 is 0 Å². The van der Waals surface area contributed by atoms with Crippen LogP contribution >= 0.6 is 11.3 Å². The van der Waals surface area contributed by atoms with Crippen molar-refractivity contribution in [3.8, 4) is 17.0 Å². The minimum absolute atomic E-state index is 0.204. The highest BCUT2D eigenvalue weighted by molar-refractivity contribution is 7.93. The lowest BCUT2D eigenvalue weighted by atomic mass is 10.0. The highest BCUT2D eigenvalue weighted by Crippen LogP contribution is 2.31. The number of nitrogens with zero attached hydrogens (tertiary/aromatic N) is 4. The summed E-state index contributed by atoms with van der Waals surface area (Å²) in [4.78, 5) is 26.8. The average Bonchev–Trinajstić information content (AvgIpc) is 3.56. The molecule has 226 valence electrons. The molecule has 11 heteroatoms. The van der Waals surface area contributed by atoms with E-state index in [0.717, 1.165) is 33.2 Å². The van der Waals surface area contributed by atoms with E-state index in [4.69, 9.17) is 9.72 Å². The van der Waals surface area contributed by atoms with Gasteiger partial charge in [0.15, 0.2) is 5.13 Å². The third kappa shape index (κ3) is 6.39. The number of rotatable bonds is 8. The van der Waals surface area contributed by atoms with E-state index < -0.39 is 15.3 Å². The van der Waals surface area contributed by atoms with Crippen LogP contribution in [0, 0.1) is 6.92 Å². The van der Waals surface area contributed by atoms with Crippen molar-refractivity contribution in [3.05, 3.63) is 107 Å². The largest absolute Gasteiger partial charge is 0.497 e. The summed E-state index contributed by atoms with van der Waals surface area (Å²) in [6, 6.07) is 18.8. The van der Waals surface area contributed by atoms with Gasteiger partial charge in [0.25, 0.3) is 5.91 Å². The second kappa shape index (κ2) is 12.6. The van der Waals surface area contributed by atoms with Crippen molar-refractivity contribution >= 4 is 43.7 Å². The second-order valence-corrected chi connectivity index (χ2v) is 13.4. The first-order valence-electron chi connectivity index (χ1n) is 14.4. The molecule has 9 nitrogen and oxygen atoms in total. The summed E-state index contributed by atoms with van der Waals surface area (Å²) in [5.74, 6) is 0.220. The number of hydrogen-bond acceptors (Lipinski definition) is 8. The molecule has 1 unspecified atom stereocenters. The number of aromatic nitrogens is 2. The first-order chi connectivity index (χ1) is 21.3. The molecule has 1 fully saturated rings. The van der Waals surface area contributed by atoms with E-state index in [1.54, 1.807) is 46.7 Å². The number of amides is 1. The number of nitrogens with one attached hydrogen (secondary N) is 1. The van der Waals surface area contributed by atoms with Gasteiger partial charge in [-0.3, -0.25) is 14.5 Å². The molecule has 1 atom stereocenters. The molecule has 1 aliphatic carbocycles. The Hall–Kier alpha value is -4.48. The van der Waals surface area contributed by atoms with Crippen LogP contribution in [0.2, 0.25) is 0 Å². The number of piperazine rings is 1. The zero-order chi connectivity index (χ0) is 30.7. The smallest absolute Gasteiger partial charge is 0.256 e. The lowest BCUT2D eigenvalue weighted by Crippen LogP contribution is -2.49. The zero-order valence-electron chi connectivity index (χ0n) is 24.5. The second-order valence-electron chi connectivity index (χ2n) is 10.7. The summed E-state index contributed by atoms with van der Waals surface area (Å²) in [7, 11) is -2.36. The third-order valence-electron chi connectivity index (χ3n) is 7.81. The van der Waals surface area contributed by atoms with E-state index in [1.807, 2.05) is 61.5 Å². The third-order valence-corrected chi connectivity index (χ3v) is 10.4. The summed E-state index contributed by atoms with van der Waals surface area (Å²) >= 11 is 1.59. The van der Waals surface area contributed by atoms with Gasteiger partial charge in [0.1, 0.15) is 11.0 Å². The van der Waals surface area contributed by atoms with Crippen molar-refractivity contribution in [1.29, 1.82) is 0 Å². The van der Waals surface area contributed by atoms with Gasteiger partial charge in [-0.05, 0) is 42.7 Å². The number of thiazole rings is 1. The minimum Gasteiger partial charge on any atom is -0.497 e. The quantitative estimate of drug-likeness (QED) is 0.270. The molecule has 1 N–H and O–H groups in total. The SMILES string of the molecule is COc1ccc(C(=O)N2CCN(c3nc(-c4ccccc4)cs3)CC2)c(NS(=O)(=O)C2C=CC(c3ccc(C)nc3)=CC2)c1. The van der Waals surface area contributed by atoms with Crippen LogP contribution in [0.4, 0.5) is 10.8 Å². The van der Waals surface area contributed by atoms with Crippen molar-refractivity contribution in [2.75, 3.05) is 42.9 Å². The number of carbonyl (C=O) groups is 1. The maximum absolute atomic E-state index is 13.7. The number of anilines is 2. The summed E-state index contributed by atoms with van der Waals surface area (Å²) < 4.78 is 35.1. The molecule has 4 aromatic rings. The van der Waals surface area contributed by atoms with Gasteiger partial charge in [-0.25, -0.2) is 13.4 Å². The van der Waals surface area contributed by atoms with E-state index in [2.05, 4.69) is 20.0 Å². The molecule has 0 radical (unpaired) electrons. The lowest BCUT2D eigenvalue weighted by molar-refractivity contribution is 0.0748. The molecular weight excluding hydrogens is 595 g/mol. The van der Waals surface area contributed by atoms with Crippen LogP contribution in [0.5, 0.6) is 5.75 Å². The highest BCUT2D eigenvalue weighted by atomic mass is 32.2. The summed E-state index contributed by atoms with van der Waals surface area (Å²) in [6.07, 6.45) is 7.47. The van der Waals surface area contributed by atoms with E-state index in [1.165, 1.54) is 7.11 Å². The van der Waals surface area contributed by atoms with Crippen molar-refractivity contribution < 1.29 is 17.9 Å². The molecule has 44 heavy (non-hydrogen) atoms. The van der Waals surface area contributed by atoms with Crippen LogP contribution in [0.25, 0.3) is 16.8 Å². The Bertz CT molecular complexity index is 1810. The van der Waals surface area contributed by atoms with E-state index in [-0.39, 0.29) is 17.2 Å². The minimum atomic E-state index is -3.86. The number of allylic oxidation sites excluding steroid dienone is 3. The van der Waals surface area contributed by atoms with Gasteiger partial charge in [0, 0.05) is 55.1 Å². The Balaban J connectivity index is 1.14. The molecule has 1 aliphatic heterocycles. The zero-order valence-corrected chi connectivity index (χ0v) is 26.1. The normalized spacial score (nSPS) is 16.9. The van der Waals surface area contributed by atoms with Gasteiger partial charge in [0.05, 0.1) is 24.1 Å². The molecule has 2 aliphatic rings. The number of ether oxygens (including phenoxy) is 1. The Kier molecular flexibility index (Phi) is 8.49. The van der Waals surface area contributed by atoms with Crippen molar-refractivity contribution in [3.63, 3.8) is 0 Å². The van der Waals surface area contributed by atoms with E-state index in [0.29, 0.717) is 38.3 Å². The number of hydrogen-bond donors (Lipinski definition) is 1. The summed E-state index contributed by atoms with van der Waals surface area (Å²) in [5, 5.41) is 2.18. The first kappa shape index (κ1) is 29.6. The number of methoxy groups -OCH3 is 1. The van der Waals surface area contributed by atoms with Crippen LogP contribution in [-0.4, -0.2) is 67.7 Å². The van der Waals surface area contributed by atoms with Gasteiger partial charge in [-0.2, -0.15) is 0 Å². The Morgan fingerprint density at radius 3 is 2.50 bits per heavy atom. The maximum Gasteiger partial charge on any atom is 0.256 e. The molecule has 2 aromatic heterocycles. The van der Waals surface area contributed by atoms with Crippen molar-refractivity contribution in [1.82, 2.24) is 14.9 Å². The summed E-state index contributed by atoms with van der Waals surface area (Å²) in [6.45, 7) is 4.16. The number of sulfonamides is 1. The number of pyridine rings is 1. The predicted octanol–water partition coefficient (Wildman–Crippen LogP) is 5.64. The molecular formula is C33H33N5O4S2. The number of benzene rings is 2. The van der Waals surface area contributed by atoms with Crippen LogP contribution in [-0.2, 0) is 10.0 Å². The van der Waals surface area contributed by atoms with Gasteiger partial charge < -0.3 is 14.5 Å². The fraction of sp³-hybridized carbons (Fsp3) is 0.242. The van der Waals surface area contributed by atoms with Crippen LogP contribution in [0.15, 0.2) is 90.5 Å². The molecule has 3 heterocycles. The summed E-state index contributed by atoms with van der Waals surface area (Å²) in [5.41, 5.74) is 5.27. The molecule has 0 bridgehead atoms. The molecule has 0 spiro atoms. The molecule has 2 aromatic carbocycles. The van der Waals surface area contributed by atoms with Gasteiger partial charge >= 0.3 is 0 Å². The van der Waals surface area contributed by atoms with Crippen LogP contribution in [0.3, 0.4) is 0 Å². The average molecular weight is 628 g/mol. The fourth-order valence-electron chi connectivity index (χ4n) is 5.26. The highest BCUT2D eigenvalue weighted by Gasteiger charge is 2.29. The van der Waals surface area contributed by atoms with Crippen LogP contribution in [0.1, 0.15) is 28.0 Å². The monoisotopic (exact) mass is 627 g/mol. The topological polar surface area (TPSA) is 105 Å². The van der Waals surface area contributed by atoms with E-state index in [9.17, 15) is 13.2 Å². The molecule has 0 saturated carbocycles. The Labute approximate surface area is 261 Å². The lowest BCUT2D eigenvalue weighted by Gasteiger charge is -2.35. The number of carbonyl (C=O) groups excluding carboxylic acids is 1. The standard InChI is InChI=1S/C33H33N5O4S2/c1-23-8-9-26(21-34-23)24-10-13-28(14-11-24)44(40,41)36-30-20-27(42-2)12-15-29(30)32(39)37-16-18-38(19-17-37)33-35-31(22-43-33)25-6-4-3-5-7-25/h3-13,15,20-22,28,36H,14,16-19H2,1-2H3. The number of aryl methyl sites for hydroxylation is 1. The van der Waals surface area contributed by atoms with Crippen molar-refractivity contribution in [2.24, 2.45) is 0 Å². The van der Waals surface area contributed by atoms with Crippen molar-refractivity contribution in [2.45, 2.75) is 18.6 Å². The maximum atomic E-state index is 13.7. The van der Waals surface area contributed by atoms with Gasteiger partial charge in [0.2, 0.25) is 10.0 Å². The van der Waals surface area contributed by atoms with Crippen LogP contribution < -0.4 is 14.4 Å². The molecule has 6 rings (SSSR count). The first-order valence-corrected chi connectivity index (χ1v) is 16.8. The van der Waals surface area contributed by atoms with Gasteiger partial charge in [-0.1, -0.05) is 54.6 Å². The Morgan fingerprint density at radius 1 is 1.02 bits per heavy atom. The molecule has 1 saturated heterocycles. The van der Waals surface area contributed by atoms with Gasteiger partial charge in [-0.15, -0.1) is 11.3 Å². The Morgan fingerprint density at radius 2 is 1.82 bits per heavy atom.